The molecule has 2 atom stereocenters. The molecular weight excluding hydrogens is 274 g/mol. The van der Waals surface area contributed by atoms with E-state index in [9.17, 15) is 5.11 Å². The van der Waals surface area contributed by atoms with E-state index in [1.165, 1.54) is 4.88 Å². The Morgan fingerprint density at radius 3 is 3.15 bits per heavy atom. The first-order valence-corrected chi connectivity index (χ1v) is 8.10. The van der Waals surface area contributed by atoms with Gasteiger partial charge in [0, 0.05) is 30.4 Å². The molecule has 1 fully saturated rings. The number of aliphatic hydroxyl groups is 1. The Kier molecular flexibility index (Phi) is 6.38. The van der Waals surface area contributed by atoms with Gasteiger partial charge in [-0.3, -0.25) is 0 Å². The third-order valence-electron chi connectivity index (χ3n) is 3.66. The van der Waals surface area contributed by atoms with Gasteiger partial charge in [-0.25, -0.2) is 4.98 Å². The van der Waals surface area contributed by atoms with Crippen molar-refractivity contribution in [2.45, 2.75) is 31.9 Å². The van der Waals surface area contributed by atoms with Crippen molar-refractivity contribution in [2.24, 2.45) is 0 Å². The Bertz CT molecular complexity index is 400. The number of likely N-dealkylation sites (N-methyl/N-ethyl adjacent to an activating group) is 1. The van der Waals surface area contributed by atoms with Crippen LogP contribution >= 0.6 is 11.3 Å². The van der Waals surface area contributed by atoms with E-state index in [1.807, 2.05) is 12.4 Å². The van der Waals surface area contributed by atoms with E-state index in [2.05, 4.69) is 22.2 Å². The Morgan fingerprint density at radius 2 is 2.50 bits per heavy atom. The summed E-state index contributed by atoms with van der Waals surface area (Å²) in [4.78, 5) is 7.78. The number of aromatic nitrogens is 1. The van der Waals surface area contributed by atoms with E-state index < -0.39 is 6.10 Å². The molecule has 1 aromatic heterocycles. The summed E-state index contributed by atoms with van der Waals surface area (Å²) >= 11 is 1.67. The van der Waals surface area contributed by atoms with Gasteiger partial charge in [0.05, 0.1) is 30.5 Å². The van der Waals surface area contributed by atoms with Crippen LogP contribution in [0.3, 0.4) is 0 Å². The highest BCUT2D eigenvalue weighted by atomic mass is 32.1. The Labute approximate surface area is 125 Å². The fraction of sp³-hybridized carbons (Fsp3) is 0.786. The second-order valence-corrected chi connectivity index (χ2v) is 6.44. The first-order chi connectivity index (χ1) is 9.65. The highest BCUT2D eigenvalue weighted by Crippen LogP contribution is 2.12. The van der Waals surface area contributed by atoms with E-state index in [4.69, 9.17) is 4.74 Å². The third kappa shape index (κ3) is 5.10. The van der Waals surface area contributed by atoms with Gasteiger partial charge >= 0.3 is 0 Å². The number of aryl methyl sites for hydroxylation is 1. The molecule has 0 amide bonds. The molecule has 20 heavy (non-hydrogen) atoms. The summed E-state index contributed by atoms with van der Waals surface area (Å²) in [6.07, 6.45) is 1.61. The third-order valence-corrected chi connectivity index (χ3v) is 4.66. The summed E-state index contributed by atoms with van der Waals surface area (Å²) in [5.41, 5.74) is 2.95. The van der Waals surface area contributed by atoms with Crippen molar-refractivity contribution >= 4 is 11.3 Å². The predicted octanol–water partition coefficient (Wildman–Crippen LogP) is 0.665. The van der Waals surface area contributed by atoms with Crippen LogP contribution in [-0.4, -0.2) is 67.0 Å². The van der Waals surface area contributed by atoms with Gasteiger partial charge in [-0.2, -0.15) is 0 Å². The molecule has 1 aromatic rings. The molecule has 2 unspecified atom stereocenters. The topological polar surface area (TPSA) is 57.6 Å². The quantitative estimate of drug-likeness (QED) is 0.691. The summed E-state index contributed by atoms with van der Waals surface area (Å²) in [6, 6.07) is 0.509. The molecule has 0 aromatic carbocycles. The van der Waals surface area contributed by atoms with Crippen LogP contribution in [-0.2, 0) is 11.2 Å². The van der Waals surface area contributed by atoms with Crippen molar-refractivity contribution < 1.29 is 9.84 Å². The largest absolute Gasteiger partial charge is 0.389 e. The van der Waals surface area contributed by atoms with E-state index in [0.717, 1.165) is 31.6 Å². The monoisotopic (exact) mass is 299 g/mol. The summed E-state index contributed by atoms with van der Waals surface area (Å²) < 4.78 is 5.54. The molecule has 0 spiro atoms. The number of thiazole rings is 1. The zero-order valence-electron chi connectivity index (χ0n) is 12.3. The summed E-state index contributed by atoms with van der Waals surface area (Å²) in [5.74, 6) is 0. The van der Waals surface area contributed by atoms with Gasteiger partial charge in [0.25, 0.3) is 0 Å². The number of nitrogens with zero attached hydrogens (tertiary/aromatic N) is 2. The normalized spacial score (nSPS) is 21.4. The molecule has 1 saturated heterocycles. The van der Waals surface area contributed by atoms with Crippen molar-refractivity contribution in [3.63, 3.8) is 0 Å². The fourth-order valence-corrected chi connectivity index (χ4v) is 3.18. The summed E-state index contributed by atoms with van der Waals surface area (Å²) in [7, 11) is 2.13. The fourth-order valence-electron chi connectivity index (χ4n) is 2.41. The molecular formula is C14H25N3O2S. The average Bonchev–Trinajstić information content (AvgIpc) is 3.01. The van der Waals surface area contributed by atoms with Gasteiger partial charge in [0.1, 0.15) is 0 Å². The first kappa shape index (κ1) is 15.9. The Balaban J connectivity index is 1.52. The number of ether oxygens (including phenoxy) is 1. The lowest BCUT2D eigenvalue weighted by atomic mass is 10.2. The van der Waals surface area contributed by atoms with Crippen LogP contribution in [0.2, 0.25) is 0 Å². The maximum absolute atomic E-state index is 9.88. The molecule has 0 aliphatic carbocycles. The maximum atomic E-state index is 9.88. The van der Waals surface area contributed by atoms with Gasteiger partial charge < -0.3 is 20.1 Å². The lowest BCUT2D eigenvalue weighted by Gasteiger charge is -2.16. The smallest absolute Gasteiger partial charge is 0.0897 e. The van der Waals surface area contributed by atoms with E-state index in [-0.39, 0.29) is 0 Å². The number of likely N-dealkylation sites (tertiary alicyclic amines) is 1. The van der Waals surface area contributed by atoms with Crippen molar-refractivity contribution in [2.75, 3.05) is 39.9 Å². The summed E-state index contributed by atoms with van der Waals surface area (Å²) in [6.45, 7) is 5.87. The standard InChI is InChI=1S/C14H25N3O2S/c1-11-14(20-10-16-11)4-6-19-9-13(18)7-15-12-3-5-17(2)8-12/h10,12-13,15,18H,3-9H2,1-2H3. The number of hydrogen-bond donors (Lipinski definition) is 2. The molecule has 0 saturated carbocycles. The van der Waals surface area contributed by atoms with Crippen molar-refractivity contribution in [3.8, 4) is 0 Å². The zero-order chi connectivity index (χ0) is 14.4. The van der Waals surface area contributed by atoms with Gasteiger partial charge in [0.15, 0.2) is 0 Å². The lowest BCUT2D eigenvalue weighted by Crippen LogP contribution is -2.38. The van der Waals surface area contributed by atoms with Crippen molar-refractivity contribution in [1.82, 2.24) is 15.2 Å². The molecule has 2 N–H and O–H groups in total. The predicted molar refractivity (Wildman–Crippen MR) is 81.3 cm³/mol. The van der Waals surface area contributed by atoms with Gasteiger partial charge in [-0.05, 0) is 26.9 Å². The molecule has 6 heteroatoms. The van der Waals surface area contributed by atoms with Crippen LogP contribution in [0.4, 0.5) is 0 Å². The minimum Gasteiger partial charge on any atom is -0.389 e. The van der Waals surface area contributed by atoms with E-state index >= 15 is 0 Å². The van der Waals surface area contributed by atoms with Crippen LogP contribution in [0.15, 0.2) is 5.51 Å². The number of nitrogens with one attached hydrogen (secondary N) is 1. The molecule has 114 valence electrons. The zero-order valence-corrected chi connectivity index (χ0v) is 13.2. The molecule has 5 nitrogen and oxygen atoms in total. The molecule has 1 aliphatic rings. The molecule has 1 aliphatic heterocycles. The van der Waals surface area contributed by atoms with Crippen LogP contribution in [0.25, 0.3) is 0 Å². The van der Waals surface area contributed by atoms with E-state index in [1.54, 1.807) is 11.3 Å². The van der Waals surface area contributed by atoms with E-state index in [0.29, 0.717) is 25.8 Å². The van der Waals surface area contributed by atoms with Crippen molar-refractivity contribution in [1.29, 1.82) is 0 Å². The van der Waals surface area contributed by atoms with Crippen LogP contribution in [0, 0.1) is 6.92 Å². The highest BCUT2D eigenvalue weighted by molar-refractivity contribution is 7.09. The first-order valence-electron chi connectivity index (χ1n) is 7.22. The van der Waals surface area contributed by atoms with Crippen LogP contribution in [0.1, 0.15) is 17.0 Å². The Hall–Kier alpha value is -0.530. The molecule has 0 radical (unpaired) electrons. The van der Waals surface area contributed by atoms with Gasteiger partial charge in [-0.15, -0.1) is 11.3 Å². The van der Waals surface area contributed by atoms with Crippen LogP contribution in [0.5, 0.6) is 0 Å². The minimum absolute atomic E-state index is 0.396. The Morgan fingerprint density at radius 1 is 1.65 bits per heavy atom. The molecule has 2 heterocycles. The minimum atomic E-state index is -0.427. The second-order valence-electron chi connectivity index (χ2n) is 5.50. The number of rotatable bonds is 8. The second kappa shape index (κ2) is 8.05. The highest BCUT2D eigenvalue weighted by Gasteiger charge is 2.19. The number of hydrogen-bond acceptors (Lipinski definition) is 6. The molecule has 0 bridgehead atoms. The number of aliphatic hydroxyl groups excluding tert-OH is 1. The van der Waals surface area contributed by atoms with Crippen LogP contribution < -0.4 is 5.32 Å². The molecule has 2 rings (SSSR count). The van der Waals surface area contributed by atoms with Gasteiger partial charge in [-0.1, -0.05) is 0 Å². The lowest BCUT2D eigenvalue weighted by molar-refractivity contribution is 0.0373. The SMILES string of the molecule is Cc1ncsc1CCOCC(O)CNC1CCN(C)C1. The van der Waals surface area contributed by atoms with Crippen molar-refractivity contribution in [3.05, 3.63) is 16.1 Å². The average molecular weight is 299 g/mol. The van der Waals surface area contributed by atoms with Gasteiger partial charge in [0.2, 0.25) is 0 Å². The maximum Gasteiger partial charge on any atom is 0.0897 e. The summed E-state index contributed by atoms with van der Waals surface area (Å²) in [5, 5.41) is 13.3.